The normalized spacial score (nSPS) is 18.2. The van der Waals surface area contributed by atoms with Gasteiger partial charge in [0.2, 0.25) is 0 Å². The summed E-state index contributed by atoms with van der Waals surface area (Å²) in [4.78, 5) is 12.1. The van der Waals surface area contributed by atoms with E-state index >= 15 is 0 Å². The van der Waals surface area contributed by atoms with Crippen molar-refractivity contribution < 1.29 is 9.21 Å². The van der Waals surface area contributed by atoms with Gasteiger partial charge in [-0.05, 0) is 25.5 Å². The van der Waals surface area contributed by atoms with E-state index in [4.69, 9.17) is 4.42 Å². The number of rotatable bonds is 3. The molecule has 19 heavy (non-hydrogen) atoms. The van der Waals surface area contributed by atoms with Crippen molar-refractivity contribution in [1.29, 1.82) is 0 Å². The fourth-order valence-corrected chi connectivity index (χ4v) is 2.40. The van der Waals surface area contributed by atoms with Crippen LogP contribution >= 0.6 is 12.4 Å². The van der Waals surface area contributed by atoms with Crippen molar-refractivity contribution in [2.75, 3.05) is 13.1 Å². The third-order valence-electron chi connectivity index (χ3n) is 3.40. The first-order chi connectivity index (χ1) is 8.84. The second-order valence-corrected chi connectivity index (χ2v) is 4.65. The van der Waals surface area contributed by atoms with Gasteiger partial charge in [0.15, 0.2) is 0 Å². The molecule has 2 aromatic rings. The number of nitrogens with one attached hydrogen (secondary N) is 2. The highest BCUT2D eigenvalue weighted by Crippen LogP contribution is 2.20. The van der Waals surface area contributed by atoms with Crippen LogP contribution in [-0.2, 0) is 0 Å². The Balaban J connectivity index is 0.00000133. The third-order valence-corrected chi connectivity index (χ3v) is 3.40. The SMILES string of the molecule is Cl.O=C(NCC1CCCN1)c1coc2ccccc12. The molecular weight excluding hydrogens is 264 g/mol. The number of hydrogen-bond donors (Lipinski definition) is 2. The minimum absolute atomic E-state index is 0. The van der Waals surface area contributed by atoms with Crippen molar-refractivity contribution >= 4 is 29.3 Å². The molecule has 1 aliphatic heterocycles. The lowest BCUT2D eigenvalue weighted by molar-refractivity contribution is 0.0951. The Labute approximate surface area is 118 Å². The third kappa shape index (κ3) is 2.91. The summed E-state index contributed by atoms with van der Waals surface area (Å²) in [6, 6.07) is 7.99. The quantitative estimate of drug-likeness (QED) is 0.907. The lowest BCUT2D eigenvalue weighted by Crippen LogP contribution is -2.37. The molecule has 3 rings (SSSR count). The van der Waals surface area contributed by atoms with Gasteiger partial charge in [0.1, 0.15) is 11.8 Å². The van der Waals surface area contributed by atoms with Gasteiger partial charge in [-0.15, -0.1) is 12.4 Å². The van der Waals surface area contributed by atoms with E-state index in [1.165, 1.54) is 12.7 Å². The number of hydrogen-bond acceptors (Lipinski definition) is 3. The Hall–Kier alpha value is -1.52. The summed E-state index contributed by atoms with van der Waals surface area (Å²) in [7, 11) is 0. The van der Waals surface area contributed by atoms with Crippen LogP contribution in [0.4, 0.5) is 0 Å². The van der Waals surface area contributed by atoms with Crippen molar-refractivity contribution in [2.24, 2.45) is 0 Å². The van der Waals surface area contributed by atoms with Crippen molar-refractivity contribution in [3.05, 3.63) is 36.1 Å². The fraction of sp³-hybridized carbons (Fsp3) is 0.357. The highest BCUT2D eigenvalue weighted by Gasteiger charge is 2.17. The number of carbonyl (C=O) groups excluding carboxylic acids is 1. The van der Waals surface area contributed by atoms with E-state index < -0.39 is 0 Å². The first-order valence-electron chi connectivity index (χ1n) is 6.32. The molecular formula is C14H17ClN2O2. The van der Waals surface area contributed by atoms with Crippen molar-refractivity contribution in [3.63, 3.8) is 0 Å². The zero-order valence-corrected chi connectivity index (χ0v) is 11.3. The van der Waals surface area contributed by atoms with Gasteiger partial charge in [0.25, 0.3) is 5.91 Å². The molecule has 5 heteroatoms. The van der Waals surface area contributed by atoms with E-state index in [0.717, 1.165) is 23.9 Å². The molecule has 0 spiro atoms. The van der Waals surface area contributed by atoms with Crippen LogP contribution in [0, 0.1) is 0 Å². The molecule has 0 bridgehead atoms. The zero-order valence-electron chi connectivity index (χ0n) is 10.5. The number of para-hydroxylation sites is 1. The molecule has 2 heterocycles. The van der Waals surface area contributed by atoms with Gasteiger partial charge in [-0.3, -0.25) is 4.79 Å². The standard InChI is InChI=1S/C14H16N2O2.ClH/c17-14(16-8-10-4-3-7-15-10)12-9-18-13-6-2-1-5-11(12)13;/h1-2,5-6,9-10,15H,3-4,7-8H2,(H,16,17);1H. The maximum Gasteiger partial charge on any atom is 0.255 e. The fourth-order valence-electron chi connectivity index (χ4n) is 2.40. The number of amides is 1. The largest absolute Gasteiger partial charge is 0.463 e. The molecule has 1 unspecified atom stereocenters. The first kappa shape index (κ1) is 13.9. The molecule has 1 saturated heterocycles. The van der Waals surface area contributed by atoms with E-state index in [1.807, 2.05) is 24.3 Å². The summed E-state index contributed by atoms with van der Waals surface area (Å²) in [5, 5.41) is 7.18. The predicted molar refractivity (Wildman–Crippen MR) is 76.8 cm³/mol. The minimum atomic E-state index is -0.0614. The van der Waals surface area contributed by atoms with Crippen LogP contribution in [0.25, 0.3) is 11.0 Å². The van der Waals surface area contributed by atoms with Crippen molar-refractivity contribution in [1.82, 2.24) is 10.6 Å². The highest BCUT2D eigenvalue weighted by molar-refractivity contribution is 6.05. The van der Waals surface area contributed by atoms with Gasteiger partial charge in [0, 0.05) is 18.0 Å². The average molecular weight is 281 g/mol. The van der Waals surface area contributed by atoms with E-state index in [2.05, 4.69) is 10.6 Å². The van der Waals surface area contributed by atoms with E-state index in [9.17, 15) is 4.79 Å². The van der Waals surface area contributed by atoms with E-state index in [0.29, 0.717) is 18.2 Å². The van der Waals surface area contributed by atoms with Crippen LogP contribution in [0.1, 0.15) is 23.2 Å². The number of furan rings is 1. The van der Waals surface area contributed by atoms with Gasteiger partial charge >= 0.3 is 0 Å². The Morgan fingerprint density at radius 1 is 1.42 bits per heavy atom. The summed E-state index contributed by atoms with van der Waals surface area (Å²) in [5.74, 6) is -0.0614. The molecule has 1 amide bonds. The maximum absolute atomic E-state index is 12.1. The molecule has 1 atom stereocenters. The average Bonchev–Trinajstić information content (AvgIpc) is 3.05. The summed E-state index contributed by atoms with van der Waals surface area (Å²) in [6.07, 6.45) is 3.85. The highest BCUT2D eigenvalue weighted by atomic mass is 35.5. The van der Waals surface area contributed by atoms with Crippen LogP contribution in [0.5, 0.6) is 0 Å². The Bertz CT molecular complexity index is 561. The number of fused-ring (bicyclic) bond motifs is 1. The number of carbonyl (C=O) groups is 1. The smallest absolute Gasteiger partial charge is 0.255 e. The Morgan fingerprint density at radius 3 is 3.05 bits per heavy atom. The summed E-state index contributed by atoms with van der Waals surface area (Å²) >= 11 is 0. The van der Waals surface area contributed by atoms with Crippen LogP contribution in [0.15, 0.2) is 34.9 Å². The first-order valence-corrected chi connectivity index (χ1v) is 6.32. The maximum atomic E-state index is 12.1. The second kappa shape index (κ2) is 6.08. The van der Waals surface area contributed by atoms with E-state index in [-0.39, 0.29) is 18.3 Å². The number of halogens is 1. The molecule has 4 nitrogen and oxygen atoms in total. The van der Waals surface area contributed by atoms with Crippen LogP contribution < -0.4 is 10.6 Å². The summed E-state index contributed by atoms with van der Waals surface area (Å²) in [5.41, 5.74) is 1.37. The van der Waals surface area contributed by atoms with E-state index in [1.54, 1.807) is 0 Å². The molecule has 1 aliphatic rings. The number of benzene rings is 1. The lowest BCUT2D eigenvalue weighted by atomic mass is 10.1. The molecule has 0 aliphatic carbocycles. The molecule has 102 valence electrons. The van der Waals surface area contributed by atoms with Crippen LogP contribution in [0.2, 0.25) is 0 Å². The lowest BCUT2D eigenvalue weighted by Gasteiger charge is -2.10. The minimum Gasteiger partial charge on any atom is -0.463 e. The van der Waals surface area contributed by atoms with Gasteiger partial charge in [-0.1, -0.05) is 18.2 Å². The molecule has 0 radical (unpaired) electrons. The topological polar surface area (TPSA) is 54.3 Å². The van der Waals surface area contributed by atoms with Crippen molar-refractivity contribution in [3.8, 4) is 0 Å². The molecule has 1 fully saturated rings. The summed E-state index contributed by atoms with van der Waals surface area (Å²) in [6.45, 7) is 1.73. The van der Waals surface area contributed by atoms with Crippen LogP contribution in [0.3, 0.4) is 0 Å². The molecule has 2 N–H and O–H groups in total. The van der Waals surface area contributed by atoms with Crippen molar-refractivity contribution in [2.45, 2.75) is 18.9 Å². The van der Waals surface area contributed by atoms with Gasteiger partial charge in [-0.2, -0.15) is 0 Å². The Kier molecular flexibility index (Phi) is 4.45. The monoisotopic (exact) mass is 280 g/mol. The molecule has 0 saturated carbocycles. The van der Waals surface area contributed by atoms with Gasteiger partial charge in [-0.25, -0.2) is 0 Å². The molecule has 1 aromatic carbocycles. The zero-order chi connectivity index (χ0) is 12.4. The summed E-state index contributed by atoms with van der Waals surface area (Å²) < 4.78 is 5.37. The van der Waals surface area contributed by atoms with Crippen LogP contribution in [-0.4, -0.2) is 25.0 Å². The Morgan fingerprint density at radius 2 is 2.26 bits per heavy atom. The predicted octanol–water partition coefficient (Wildman–Crippen LogP) is 2.34. The molecule has 1 aromatic heterocycles. The second-order valence-electron chi connectivity index (χ2n) is 4.65. The van der Waals surface area contributed by atoms with Gasteiger partial charge < -0.3 is 15.1 Å². The van der Waals surface area contributed by atoms with Gasteiger partial charge in [0.05, 0.1) is 5.56 Å².